The highest BCUT2D eigenvalue weighted by Gasteiger charge is 2.31. The molecule has 112 valence electrons. The lowest BCUT2D eigenvalue weighted by molar-refractivity contribution is -0.137. The number of hydrogen-bond acceptors (Lipinski definition) is 3. The first kappa shape index (κ1) is 16.4. The number of nitrogens with zero attached hydrogens (tertiary/aromatic N) is 1. The van der Waals surface area contributed by atoms with Gasteiger partial charge in [-0.2, -0.15) is 0 Å². The van der Waals surface area contributed by atoms with Crippen LogP contribution in [0.3, 0.4) is 0 Å². The van der Waals surface area contributed by atoms with E-state index in [0.717, 1.165) is 51.7 Å². The zero-order valence-electron chi connectivity index (χ0n) is 12.7. The van der Waals surface area contributed by atoms with Crippen LogP contribution in [-0.2, 0) is 4.79 Å². The average molecular weight is 270 g/mol. The highest BCUT2D eigenvalue weighted by atomic mass is 16.3. The summed E-state index contributed by atoms with van der Waals surface area (Å²) < 4.78 is 0. The fourth-order valence-corrected chi connectivity index (χ4v) is 2.76. The molecule has 0 spiro atoms. The summed E-state index contributed by atoms with van der Waals surface area (Å²) in [6, 6.07) is 0.0161. The second-order valence-corrected chi connectivity index (χ2v) is 6.40. The third kappa shape index (κ3) is 5.49. The predicted octanol–water partition coefficient (Wildman–Crippen LogP) is 1.78. The van der Waals surface area contributed by atoms with E-state index in [2.05, 4.69) is 26.1 Å². The van der Waals surface area contributed by atoms with Crippen LogP contribution in [0, 0.1) is 5.41 Å². The van der Waals surface area contributed by atoms with Gasteiger partial charge in [0.15, 0.2) is 0 Å². The summed E-state index contributed by atoms with van der Waals surface area (Å²) in [7, 11) is 0. The van der Waals surface area contributed by atoms with Gasteiger partial charge in [-0.3, -0.25) is 4.79 Å². The molecule has 0 aromatic rings. The Morgan fingerprint density at radius 3 is 2.84 bits per heavy atom. The Bertz CT molecular complexity index is 279. The molecule has 2 N–H and O–H groups in total. The number of aliphatic hydroxyl groups is 1. The van der Waals surface area contributed by atoms with Gasteiger partial charge in [0.25, 0.3) is 0 Å². The van der Waals surface area contributed by atoms with Crippen LogP contribution >= 0.6 is 0 Å². The molecule has 1 rings (SSSR count). The van der Waals surface area contributed by atoms with Crippen LogP contribution in [0.5, 0.6) is 0 Å². The minimum atomic E-state index is 0.0161. The summed E-state index contributed by atoms with van der Waals surface area (Å²) in [6.45, 7) is 9.31. The molecule has 1 fully saturated rings. The fraction of sp³-hybridized carbons (Fsp3) is 0.933. The van der Waals surface area contributed by atoms with Crippen LogP contribution in [0.25, 0.3) is 0 Å². The van der Waals surface area contributed by atoms with E-state index in [1.807, 2.05) is 4.90 Å². The SMILES string of the molecule is CCCNC1CCCN(CC(C)(C)CCCO)C1=O. The number of aliphatic hydroxyl groups excluding tert-OH is 1. The Kier molecular flexibility index (Phi) is 6.80. The Balaban J connectivity index is 2.50. The number of rotatable bonds is 8. The predicted molar refractivity (Wildman–Crippen MR) is 78.0 cm³/mol. The molecule has 19 heavy (non-hydrogen) atoms. The molecule has 4 heteroatoms. The van der Waals surface area contributed by atoms with E-state index in [-0.39, 0.29) is 24.0 Å². The summed E-state index contributed by atoms with van der Waals surface area (Å²) in [5.41, 5.74) is 0.0883. The molecular weight excluding hydrogens is 240 g/mol. The number of nitrogens with one attached hydrogen (secondary N) is 1. The Labute approximate surface area is 117 Å². The van der Waals surface area contributed by atoms with Crippen LogP contribution in [0.15, 0.2) is 0 Å². The Morgan fingerprint density at radius 1 is 1.47 bits per heavy atom. The van der Waals surface area contributed by atoms with Gasteiger partial charge in [0, 0.05) is 19.7 Å². The van der Waals surface area contributed by atoms with Gasteiger partial charge in [0.05, 0.1) is 6.04 Å². The number of amides is 1. The van der Waals surface area contributed by atoms with Gasteiger partial charge in [-0.1, -0.05) is 20.8 Å². The van der Waals surface area contributed by atoms with Gasteiger partial charge in [0.2, 0.25) is 5.91 Å². The quantitative estimate of drug-likeness (QED) is 0.707. The van der Waals surface area contributed by atoms with Crippen molar-refractivity contribution < 1.29 is 9.90 Å². The lowest BCUT2D eigenvalue weighted by atomic mass is 9.86. The number of piperidine rings is 1. The largest absolute Gasteiger partial charge is 0.396 e. The zero-order valence-corrected chi connectivity index (χ0v) is 12.7. The van der Waals surface area contributed by atoms with Gasteiger partial charge in [-0.05, 0) is 44.1 Å². The third-order valence-corrected chi connectivity index (χ3v) is 3.80. The van der Waals surface area contributed by atoms with Crippen LogP contribution in [0.1, 0.15) is 52.9 Å². The van der Waals surface area contributed by atoms with Crippen LogP contribution in [0.2, 0.25) is 0 Å². The molecule has 0 aromatic carbocycles. The van der Waals surface area contributed by atoms with Gasteiger partial charge in [0.1, 0.15) is 0 Å². The van der Waals surface area contributed by atoms with Crippen molar-refractivity contribution in [2.45, 2.75) is 58.9 Å². The molecule has 4 nitrogen and oxygen atoms in total. The smallest absolute Gasteiger partial charge is 0.239 e. The van der Waals surface area contributed by atoms with E-state index in [9.17, 15) is 4.79 Å². The molecule has 1 amide bonds. The van der Waals surface area contributed by atoms with Crippen LogP contribution < -0.4 is 5.32 Å². The molecule has 0 bridgehead atoms. The monoisotopic (exact) mass is 270 g/mol. The minimum Gasteiger partial charge on any atom is -0.396 e. The van der Waals surface area contributed by atoms with Gasteiger partial charge in [-0.25, -0.2) is 0 Å². The summed E-state index contributed by atoms with van der Waals surface area (Å²) in [4.78, 5) is 14.4. The molecule has 1 aliphatic rings. The number of hydrogen-bond donors (Lipinski definition) is 2. The van der Waals surface area contributed by atoms with Crippen LogP contribution in [0.4, 0.5) is 0 Å². The van der Waals surface area contributed by atoms with Crippen molar-refractivity contribution in [3.63, 3.8) is 0 Å². The molecule has 1 atom stereocenters. The molecule has 0 radical (unpaired) electrons. The van der Waals surface area contributed by atoms with Crippen molar-refractivity contribution in [2.24, 2.45) is 5.41 Å². The Hall–Kier alpha value is -0.610. The van der Waals surface area contributed by atoms with E-state index >= 15 is 0 Å². The molecular formula is C15H30N2O2. The molecule has 0 aromatic heterocycles. The maximum atomic E-state index is 12.4. The van der Waals surface area contributed by atoms with Crippen molar-refractivity contribution in [1.82, 2.24) is 10.2 Å². The minimum absolute atomic E-state index is 0.0161. The van der Waals surface area contributed by atoms with E-state index < -0.39 is 0 Å². The lowest BCUT2D eigenvalue weighted by Crippen LogP contribution is -2.53. The first-order valence-corrected chi connectivity index (χ1v) is 7.63. The van der Waals surface area contributed by atoms with Crippen molar-refractivity contribution in [3.05, 3.63) is 0 Å². The molecule has 0 saturated carbocycles. The standard InChI is InChI=1S/C15H30N2O2/c1-4-9-16-13-7-5-10-17(14(13)19)12-15(2,3)8-6-11-18/h13,16,18H,4-12H2,1-3H3. The fourth-order valence-electron chi connectivity index (χ4n) is 2.76. The van der Waals surface area contributed by atoms with Crippen molar-refractivity contribution in [3.8, 4) is 0 Å². The van der Waals surface area contributed by atoms with E-state index in [1.165, 1.54) is 0 Å². The van der Waals surface area contributed by atoms with Gasteiger partial charge >= 0.3 is 0 Å². The average Bonchev–Trinajstić information content (AvgIpc) is 2.37. The summed E-state index contributed by atoms with van der Waals surface area (Å²) in [6.07, 6.45) is 4.88. The van der Waals surface area contributed by atoms with E-state index in [0.29, 0.717) is 0 Å². The summed E-state index contributed by atoms with van der Waals surface area (Å²) >= 11 is 0. The number of carbonyl (C=O) groups excluding carboxylic acids is 1. The molecule has 1 unspecified atom stereocenters. The topological polar surface area (TPSA) is 52.6 Å². The second kappa shape index (κ2) is 7.85. The van der Waals surface area contributed by atoms with Gasteiger partial charge in [-0.15, -0.1) is 0 Å². The summed E-state index contributed by atoms with van der Waals surface area (Å²) in [5.74, 6) is 0.261. The third-order valence-electron chi connectivity index (χ3n) is 3.80. The zero-order chi connectivity index (χ0) is 14.3. The van der Waals surface area contributed by atoms with Crippen LogP contribution in [-0.4, -0.2) is 48.2 Å². The Morgan fingerprint density at radius 2 is 2.21 bits per heavy atom. The molecule has 1 saturated heterocycles. The first-order valence-electron chi connectivity index (χ1n) is 7.63. The first-order chi connectivity index (χ1) is 9.00. The normalized spacial score (nSPS) is 20.9. The van der Waals surface area contributed by atoms with E-state index in [1.54, 1.807) is 0 Å². The lowest BCUT2D eigenvalue weighted by Gasteiger charge is -2.38. The number of likely N-dealkylation sites (tertiary alicyclic amines) is 1. The highest BCUT2D eigenvalue weighted by molar-refractivity contribution is 5.82. The molecule has 1 aliphatic heterocycles. The van der Waals surface area contributed by atoms with Gasteiger partial charge < -0.3 is 15.3 Å². The second-order valence-electron chi connectivity index (χ2n) is 6.40. The van der Waals surface area contributed by atoms with Crippen molar-refractivity contribution in [2.75, 3.05) is 26.2 Å². The number of carbonyl (C=O) groups is 1. The van der Waals surface area contributed by atoms with E-state index in [4.69, 9.17) is 5.11 Å². The molecule has 0 aliphatic carbocycles. The van der Waals surface area contributed by atoms with Crippen molar-refractivity contribution >= 4 is 5.91 Å². The molecule has 1 heterocycles. The van der Waals surface area contributed by atoms with Crippen molar-refractivity contribution in [1.29, 1.82) is 0 Å². The maximum Gasteiger partial charge on any atom is 0.239 e. The maximum absolute atomic E-state index is 12.4. The highest BCUT2D eigenvalue weighted by Crippen LogP contribution is 2.25. The summed E-state index contributed by atoms with van der Waals surface area (Å²) in [5, 5.41) is 12.3.